The number of aromatic nitrogens is 3. The van der Waals surface area contributed by atoms with Gasteiger partial charge in [0.1, 0.15) is 0 Å². The third-order valence-electron chi connectivity index (χ3n) is 0.681. The zero-order valence-electron chi connectivity index (χ0n) is 4.72. The molecule has 0 amide bonds. The summed E-state index contributed by atoms with van der Waals surface area (Å²) < 4.78 is 0. The van der Waals surface area contributed by atoms with Crippen molar-refractivity contribution in [3.05, 3.63) is 31.5 Å². The van der Waals surface area contributed by atoms with Crippen molar-refractivity contribution in [2.24, 2.45) is 0 Å². The molecule has 0 aliphatic rings. The summed E-state index contributed by atoms with van der Waals surface area (Å²) in [5.41, 5.74) is -2.41. The quantitative estimate of drug-likeness (QED) is 0.498. The first kappa shape index (κ1) is 9.76. The SMILES string of the molecule is O=c1[nH]c(=O)[nH]c(=O)[nH]1.[Nd]. The predicted molar refractivity (Wildman–Crippen MR) is 28.3 cm³/mol. The van der Waals surface area contributed by atoms with Gasteiger partial charge in [-0.3, -0.25) is 15.0 Å². The van der Waals surface area contributed by atoms with Crippen molar-refractivity contribution < 1.29 is 40.8 Å². The maximum atomic E-state index is 10.2. The summed E-state index contributed by atoms with van der Waals surface area (Å²) in [7, 11) is 0. The standard InChI is InChI=1S/C3H3N3O3.Nd/c7-1-4-2(8)6-3(9)5-1;/h(H3,4,5,6,7,8,9);. The van der Waals surface area contributed by atoms with Crippen LogP contribution < -0.4 is 17.1 Å². The van der Waals surface area contributed by atoms with Crippen molar-refractivity contribution in [3.8, 4) is 0 Å². The van der Waals surface area contributed by atoms with Crippen LogP contribution in [-0.4, -0.2) is 15.0 Å². The Morgan fingerprint density at radius 1 is 0.700 bits per heavy atom. The van der Waals surface area contributed by atoms with E-state index in [-0.39, 0.29) is 40.8 Å². The normalized spacial score (nSPS) is 8.40. The smallest absolute Gasteiger partial charge is 0.259 e. The Kier molecular flexibility index (Phi) is 3.72. The van der Waals surface area contributed by atoms with Gasteiger partial charge in [0, 0.05) is 40.8 Å². The molecule has 0 aliphatic heterocycles. The van der Waals surface area contributed by atoms with Crippen LogP contribution in [0.15, 0.2) is 14.4 Å². The van der Waals surface area contributed by atoms with Gasteiger partial charge < -0.3 is 0 Å². The van der Waals surface area contributed by atoms with Gasteiger partial charge in [0.2, 0.25) is 0 Å². The third kappa shape index (κ3) is 2.56. The topological polar surface area (TPSA) is 98.6 Å². The first-order chi connectivity index (χ1) is 4.18. The summed E-state index contributed by atoms with van der Waals surface area (Å²) in [6.07, 6.45) is 0. The number of hydrogen-bond donors (Lipinski definition) is 3. The molecule has 0 atom stereocenters. The van der Waals surface area contributed by atoms with Crippen LogP contribution in [0.25, 0.3) is 0 Å². The molecule has 0 radical (unpaired) electrons. The van der Waals surface area contributed by atoms with Crippen LogP contribution >= 0.6 is 0 Å². The molecule has 7 heteroatoms. The predicted octanol–water partition coefficient (Wildman–Crippen LogP) is -2.25. The van der Waals surface area contributed by atoms with Gasteiger partial charge in [0.25, 0.3) is 0 Å². The second-order valence-corrected chi connectivity index (χ2v) is 1.36. The van der Waals surface area contributed by atoms with Crippen molar-refractivity contribution in [3.63, 3.8) is 0 Å². The maximum Gasteiger partial charge on any atom is 0.330 e. The second kappa shape index (κ2) is 3.81. The largest absolute Gasteiger partial charge is 0.330 e. The van der Waals surface area contributed by atoms with E-state index in [9.17, 15) is 14.4 Å². The fourth-order valence-electron chi connectivity index (χ4n) is 0.403. The second-order valence-electron chi connectivity index (χ2n) is 1.36. The molecule has 1 aromatic heterocycles. The van der Waals surface area contributed by atoms with Crippen LogP contribution in [0, 0.1) is 40.8 Å². The van der Waals surface area contributed by atoms with Crippen molar-refractivity contribution in [2.45, 2.75) is 0 Å². The van der Waals surface area contributed by atoms with E-state index < -0.39 is 17.1 Å². The van der Waals surface area contributed by atoms with Gasteiger partial charge in [-0.2, -0.15) is 0 Å². The summed E-state index contributed by atoms with van der Waals surface area (Å²) in [5, 5.41) is 0. The van der Waals surface area contributed by atoms with Crippen molar-refractivity contribution in [1.82, 2.24) is 15.0 Å². The molecule has 0 saturated carbocycles. The Morgan fingerprint density at radius 3 is 1.10 bits per heavy atom. The van der Waals surface area contributed by atoms with Crippen LogP contribution in [0.5, 0.6) is 0 Å². The van der Waals surface area contributed by atoms with Gasteiger partial charge in [-0.1, -0.05) is 0 Å². The molecule has 10 heavy (non-hydrogen) atoms. The molecule has 0 bridgehead atoms. The van der Waals surface area contributed by atoms with Gasteiger partial charge in [0.15, 0.2) is 0 Å². The van der Waals surface area contributed by atoms with Crippen LogP contribution in [0.2, 0.25) is 0 Å². The van der Waals surface area contributed by atoms with E-state index in [4.69, 9.17) is 0 Å². The Morgan fingerprint density at radius 2 is 0.900 bits per heavy atom. The van der Waals surface area contributed by atoms with Crippen LogP contribution in [0.4, 0.5) is 0 Å². The molecule has 0 aromatic carbocycles. The summed E-state index contributed by atoms with van der Waals surface area (Å²) in [5.74, 6) is 0. The monoisotopic (exact) mass is 271 g/mol. The van der Waals surface area contributed by atoms with Gasteiger partial charge >= 0.3 is 17.1 Å². The Balaban J connectivity index is 0.000000810. The average molecular weight is 273 g/mol. The minimum atomic E-state index is -0.802. The molecule has 0 fully saturated rings. The minimum Gasteiger partial charge on any atom is -0.259 e. The zero-order chi connectivity index (χ0) is 6.85. The van der Waals surface area contributed by atoms with E-state index >= 15 is 0 Å². The first-order valence-electron chi connectivity index (χ1n) is 2.11. The van der Waals surface area contributed by atoms with E-state index in [2.05, 4.69) is 0 Å². The molecule has 0 aliphatic carbocycles. The third-order valence-corrected chi connectivity index (χ3v) is 0.681. The van der Waals surface area contributed by atoms with Crippen molar-refractivity contribution in [2.75, 3.05) is 0 Å². The number of hydrogen-bond acceptors (Lipinski definition) is 3. The fraction of sp³-hybridized carbons (Fsp3) is 0. The maximum absolute atomic E-state index is 10.2. The van der Waals surface area contributed by atoms with Crippen LogP contribution in [0.3, 0.4) is 0 Å². The van der Waals surface area contributed by atoms with E-state index in [1.807, 2.05) is 0 Å². The van der Waals surface area contributed by atoms with Gasteiger partial charge in [-0.05, 0) is 0 Å². The molecule has 52 valence electrons. The van der Waals surface area contributed by atoms with E-state index in [0.29, 0.717) is 0 Å². The van der Waals surface area contributed by atoms with Crippen LogP contribution in [0.1, 0.15) is 0 Å². The number of rotatable bonds is 0. The number of H-pyrrole nitrogens is 3. The Labute approximate surface area is 86.6 Å². The number of nitrogens with one attached hydrogen (secondary N) is 3. The molecular formula is C3H3N3NdO3. The molecule has 3 N–H and O–H groups in total. The fourth-order valence-corrected chi connectivity index (χ4v) is 0.403. The summed E-state index contributed by atoms with van der Waals surface area (Å²) in [6.45, 7) is 0. The Hall–Kier alpha value is -0.239. The van der Waals surface area contributed by atoms with Gasteiger partial charge in [0.05, 0.1) is 0 Å². The minimum absolute atomic E-state index is 0. The first-order valence-corrected chi connectivity index (χ1v) is 2.11. The molecule has 1 heterocycles. The van der Waals surface area contributed by atoms with E-state index in [1.54, 1.807) is 15.0 Å². The van der Waals surface area contributed by atoms with E-state index in [0.717, 1.165) is 0 Å². The summed E-state index contributed by atoms with van der Waals surface area (Å²) in [4.78, 5) is 35.9. The van der Waals surface area contributed by atoms with Gasteiger partial charge in [-0.15, -0.1) is 0 Å². The molecule has 0 saturated heterocycles. The molecule has 1 rings (SSSR count). The number of aromatic amines is 3. The van der Waals surface area contributed by atoms with Crippen molar-refractivity contribution in [1.29, 1.82) is 0 Å². The summed E-state index contributed by atoms with van der Waals surface area (Å²) >= 11 is 0. The summed E-state index contributed by atoms with van der Waals surface area (Å²) in [6, 6.07) is 0. The van der Waals surface area contributed by atoms with Crippen molar-refractivity contribution >= 4 is 0 Å². The molecule has 0 unspecified atom stereocenters. The van der Waals surface area contributed by atoms with Crippen LogP contribution in [-0.2, 0) is 0 Å². The van der Waals surface area contributed by atoms with E-state index in [1.165, 1.54) is 0 Å². The Bertz CT molecular complexity index is 281. The molecule has 0 spiro atoms. The zero-order valence-corrected chi connectivity index (χ0v) is 7.93. The molecule has 6 nitrogen and oxygen atoms in total. The molecular weight excluding hydrogens is 270 g/mol. The average Bonchev–Trinajstić information content (AvgIpc) is 1.59. The molecule has 1 aromatic rings. The van der Waals surface area contributed by atoms with Gasteiger partial charge in [-0.25, -0.2) is 14.4 Å².